The average molecular weight is 367 g/mol. The molecule has 0 bridgehead atoms. The number of amides is 2. The van der Waals surface area contributed by atoms with Crippen LogP contribution in [0.2, 0.25) is 0 Å². The maximum Gasteiger partial charge on any atom is 0.256 e. The van der Waals surface area contributed by atoms with E-state index in [-0.39, 0.29) is 24.3 Å². The number of nitrogens with zero attached hydrogens (tertiary/aromatic N) is 5. The highest BCUT2D eigenvalue weighted by atomic mass is 16.2. The van der Waals surface area contributed by atoms with Gasteiger partial charge >= 0.3 is 0 Å². The number of aromatic nitrogens is 3. The topological polar surface area (TPSA) is 79.3 Å². The fourth-order valence-corrected chi connectivity index (χ4v) is 3.35. The van der Waals surface area contributed by atoms with Crippen molar-refractivity contribution in [3.63, 3.8) is 0 Å². The van der Waals surface area contributed by atoms with Gasteiger partial charge in [-0.2, -0.15) is 0 Å². The Morgan fingerprint density at radius 3 is 2.70 bits per heavy atom. The summed E-state index contributed by atoms with van der Waals surface area (Å²) in [4.78, 5) is 41.7. The molecule has 1 fully saturated rings. The second-order valence-electron chi connectivity index (χ2n) is 7.02. The van der Waals surface area contributed by atoms with Crippen molar-refractivity contribution in [2.24, 2.45) is 0 Å². The van der Waals surface area contributed by atoms with E-state index in [1.54, 1.807) is 26.5 Å². The van der Waals surface area contributed by atoms with Gasteiger partial charge in [0.25, 0.3) is 5.91 Å². The minimum atomic E-state index is -0.155. The molecule has 0 aliphatic carbocycles. The molecule has 1 atom stereocenters. The summed E-state index contributed by atoms with van der Waals surface area (Å²) in [5.74, 6) is 0.524. The van der Waals surface area contributed by atoms with Gasteiger partial charge in [0.2, 0.25) is 5.91 Å². The Labute approximate surface area is 159 Å². The van der Waals surface area contributed by atoms with Crippen molar-refractivity contribution in [3.05, 3.63) is 53.4 Å². The molecular formula is C20H25N5O2. The van der Waals surface area contributed by atoms with Crippen LogP contribution in [0.4, 0.5) is 0 Å². The Morgan fingerprint density at radius 2 is 2.04 bits per heavy atom. The van der Waals surface area contributed by atoms with Crippen molar-refractivity contribution in [1.82, 2.24) is 24.8 Å². The molecular weight excluding hydrogens is 342 g/mol. The van der Waals surface area contributed by atoms with Crippen molar-refractivity contribution < 1.29 is 9.59 Å². The summed E-state index contributed by atoms with van der Waals surface area (Å²) in [5, 5.41) is 0. The molecule has 2 aromatic heterocycles. The Hall–Kier alpha value is -2.83. The smallest absolute Gasteiger partial charge is 0.256 e. The van der Waals surface area contributed by atoms with Crippen molar-refractivity contribution in [2.45, 2.75) is 38.6 Å². The van der Waals surface area contributed by atoms with Crippen LogP contribution < -0.4 is 0 Å². The van der Waals surface area contributed by atoms with Crippen LogP contribution in [-0.4, -0.2) is 57.2 Å². The summed E-state index contributed by atoms with van der Waals surface area (Å²) in [6, 6.07) is 5.43. The molecule has 142 valence electrons. The fraction of sp³-hybridized carbons (Fsp3) is 0.450. The number of likely N-dealkylation sites (tertiary alicyclic amines) is 1. The normalized spacial score (nSPS) is 16.9. The van der Waals surface area contributed by atoms with Gasteiger partial charge in [-0.1, -0.05) is 6.07 Å². The monoisotopic (exact) mass is 367 g/mol. The lowest BCUT2D eigenvalue weighted by molar-refractivity contribution is -0.134. The Balaban J connectivity index is 1.82. The molecule has 0 N–H and O–H groups in total. The minimum absolute atomic E-state index is 0.0353. The lowest BCUT2D eigenvalue weighted by atomic mass is 10.00. The first kappa shape index (κ1) is 18.9. The van der Waals surface area contributed by atoms with Gasteiger partial charge < -0.3 is 9.80 Å². The first-order valence-electron chi connectivity index (χ1n) is 9.22. The number of carbonyl (C=O) groups is 2. The molecule has 7 nitrogen and oxygen atoms in total. The number of aryl methyl sites for hydroxylation is 1. The zero-order chi connectivity index (χ0) is 19.4. The summed E-state index contributed by atoms with van der Waals surface area (Å²) in [6.45, 7) is 2.50. The lowest BCUT2D eigenvalue weighted by Gasteiger charge is -2.35. The molecule has 1 saturated heterocycles. The number of rotatable bonds is 4. The molecule has 1 unspecified atom stereocenters. The van der Waals surface area contributed by atoms with Crippen molar-refractivity contribution >= 4 is 11.8 Å². The van der Waals surface area contributed by atoms with E-state index in [1.807, 2.05) is 30.0 Å². The number of carbonyl (C=O) groups excluding carboxylic acids is 2. The van der Waals surface area contributed by atoms with E-state index in [1.165, 1.54) is 4.90 Å². The summed E-state index contributed by atoms with van der Waals surface area (Å²) < 4.78 is 0. The Morgan fingerprint density at radius 1 is 1.22 bits per heavy atom. The van der Waals surface area contributed by atoms with Gasteiger partial charge in [-0.25, -0.2) is 9.97 Å². The van der Waals surface area contributed by atoms with Gasteiger partial charge in [-0.15, -0.1) is 0 Å². The quantitative estimate of drug-likeness (QED) is 0.827. The average Bonchev–Trinajstić information content (AvgIpc) is 2.68. The van der Waals surface area contributed by atoms with E-state index >= 15 is 0 Å². The fourth-order valence-electron chi connectivity index (χ4n) is 3.35. The van der Waals surface area contributed by atoms with E-state index in [2.05, 4.69) is 15.0 Å². The Kier molecular flexibility index (Phi) is 5.78. The molecule has 1 aliphatic heterocycles. The molecule has 2 aromatic rings. The molecule has 3 heterocycles. The molecule has 0 spiro atoms. The maximum absolute atomic E-state index is 12.9. The largest absolute Gasteiger partial charge is 0.345 e. The van der Waals surface area contributed by atoms with Gasteiger partial charge in [0.05, 0.1) is 23.7 Å². The maximum atomic E-state index is 12.9. The first-order chi connectivity index (χ1) is 13.0. The molecule has 2 amide bonds. The predicted molar refractivity (Wildman–Crippen MR) is 101 cm³/mol. The molecule has 0 aromatic carbocycles. The van der Waals surface area contributed by atoms with Gasteiger partial charge in [-0.3, -0.25) is 14.6 Å². The van der Waals surface area contributed by atoms with Crippen LogP contribution in [0.25, 0.3) is 0 Å². The second kappa shape index (κ2) is 8.24. The second-order valence-corrected chi connectivity index (χ2v) is 7.02. The third-order valence-corrected chi connectivity index (χ3v) is 4.81. The number of pyridine rings is 1. The van der Waals surface area contributed by atoms with E-state index in [9.17, 15) is 9.59 Å². The first-order valence-corrected chi connectivity index (χ1v) is 9.22. The van der Waals surface area contributed by atoms with Gasteiger partial charge in [0.1, 0.15) is 0 Å². The van der Waals surface area contributed by atoms with E-state index in [0.717, 1.165) is 25.0 Å². The standard InChI is InChI=1S/C20H25N5O2/c1-14-16(20(27)24(2)3)13-22-19(23-14)17-9-5-7-11-25(17)18(26)12-15-8-4-6-10-21-15/h4,6,8,10,13,17H,5,7,9,11-12H2,1-3H3. The third kappa shape index (κ3) is 4.30. The van der Waals surface area contributed by atoms with Crippen LogP contribution in [0.1, 0.15) is 52.9 Å². The van der Waals surface area contributed by atoms with Crippen LogP contribution in [-0.2, 0) is 11.2 Å². The van der Waals surface area contributed by atoms with Crippen molar-refractivity contribution in [2.75, 3.05) is 20.6 Å². The predicted octanol–water partition coefficient (Wildman–Crippen LogP) is 2.18. The Bertz CT molecular complexity index is 822. The molecule has 0 radical (unpaired) electrons. The highest BCUT2D eigenvalue weighted by Crippen LogP contribution is 2.29. The van der Waals surface area contributed by atoms with E-state index < -0.39 is 0 Å². The summed E-state index contributed by atoms with van der Waals surface area (Å²) in [5.41, 5.74) is 1.89. The van der Waals surface area contributed by atoms with Crippen molar-refractivity contribution in [1.29, 1.82) is 0 Å². The van der Waals surface area contributed by atoms with E-state index in [4.69, 9.17) is 0 Å². The molecule has 3 rings (SSSR count). The zero-order valence-electron chi connectivity index (χ0n) is 16.1. The molecule has 1 aliphatic rings. The third-order valence-electron chi connectivity index (χ3n) is 4.81. The molecule has 27 heavy (non-hydrogen) atoms. The highest BCUT2D eigenvalue weighted by molar-refractivity contribution is 5.94. The summed E-state index contributed by atoms with van der Waals surface area (Å²) in [7, 11) is 3.41. The van der Waals surface area contributed by atoms with Crippen LogP contribution in [0, 0.1) is 6.92 Å². The molecule has 0 saturated carbocycles. The van der Waals surface area contributed by atoms with E-state index in [0.29, 0.717) is 23.6 Å². The van der Waals surface area contributed by atoms with Gasteiger partial charge in [0.15, 0.2) is 5.82 Å². The minimum Gasteiger partial charge on any atom is -0.345 e. The highest BCUT2D eigenvalue weighted by Gasteiger charge is 2.30. The van der Waals surface area contributed by atoms with Gasteiger partial charge in [0, 0.05) is 38.7 Å². The van der Waals surface area contributed by atoms with Crippen LogP contribution in [0.3, 0.4) is 0 Å². The van der Waals surface area contributed by atoms with Crippen LogP contribution in [0.5, 0.6) is 0 Å². The van der Waals surface area contributed by atoms with Crippen molar-refractivity contribution in [3.8, 4) is 0 Å². The summed E-state index contributed by atoms with van der Waals surface area (Å²) >= 11 is 0. The summed E-state index contributed by atoms with van der Waals surface area (Å²) in [6.07, 6.45) is 6.38. The lowest BCUT2D eigenvalue weighted by Crippen LogP contribution is -2.40. The molecule has 7 heteroatoms. The number of hydrogen-bond acceptors (Lipinski definition) is 5. The van der Waals surface area contributed by atoms with Crippen LogP contribution in [0.15, 0.2) is 30.6 Å². The van der Waals surface area contributed by atoms with Gasteiger partial charge in [-0.05, 0) is 38.3 Å². The zero-order valence-corrected chi connectivity index (χ0v) is 16.1. The van der Waals surface area contributed by atoms with Crippen LogP contribution >= 0.6 is 0 Å². The number of hydrogen-bond donors (Lipinski definition) is 0. The SMILES string of the molecule is Cc1nc(C2CCCCN2C(=O)Cc2ccccn2)ncc1C(=O)N(C)C. The number of piperidine rings is 1.